The molecular weight excluding hydrogens is 647 g/mol. The molecule has 0 aromatic carbocycles. The number of nitrogens with two attached hydrogens (primary N) is 4. The SMILES string of the molecule is CCCCCCCC/C=C\CCCCCCCCN(CCCCCCCCCCCCCCCC)C(=O)C(N)C(N)C(=O)C[C@H](N)CCNC(=N)N. The van der Waals surface area contributed by atoms with Crippen LogP contribution < -0.4 is 28.3 Å². The Morgan fingerprint density at radius 2 is 0.942 bits per heavy atom. The van der Waals surface area contributed by atoms with Crippen molar-refractivity contribution < 1.29 is 9.59 Å². The molecule has 3 atom stereocenters. The minimum atomic E-state index is -1.09. The zero-order valence-electron chi connectivity index (χ0n) is 34.3. The summed E-state index contributed by atoms with van der Waals surface area (Å²) in [5.41, 5.74) is 24.0. The quantitative estimate of drug-likeness (QED) is 0.0158. The van der Waals surface area contributed by atoms with Crippen molar-refractivity contribution in [1.29, 1.82) is 5.41 Å². The molecule has 0 aliphatic rings. The molecule has 0 aliphatic heterocycles. The zero-order chi connectivity index (χ0) is 38.5. The van der Waals surface area contributed by atoms with Gasteiger partial charge >= 0.3 is 0 Å². The van der Waals surface area contributed by atoms with Gasteiger partial charge in [-0.2, -0.15) is 0 Å². The molecule has 10 N–H and O–H groups in total. The number of guanidine groups is 1. The Morgan fingerprint density at radius 1 is 0.577 bits per heavy atom. The van der Waals surface area contributed by atoms with Gasteiger partial charge in [0.2, 0.25) is 5.91 Å². The van der Waals surface area contributed by atoms with Crippen LogP contribution in [0.2, 0.25) is 0 Å². The van der Waals surface area contributed by atoms with Gasteiger partial charge < -0.3 is 33.2 Å². The molecule has 52 heavy (non-hydrogen) atoms. The van der Waals surface area contributed by atoms with E-state index in [1.807, 2.05) is 4.90 Å². The average Bonchev–Trinajstić information content (AvgIpc) is 3.12. The molecule has 0 aromatic heterocycles. The third kappa shape index (κ3) is 31.5. The number of unbranched alkanes of at least 4 members (excludes halogenated alkanes) is 25. The molecule has 0 aliphatic carbocycles. The fourth-order valence-electron chi connectivity index (χ4n) is 6.83. The number of hydrogen-bond donors (Lipinski definition) is 6. The number of nitrogens with zero attached hydrogens (tertiary/aromatic N) is 1. The first kappa shape index (κ1) is 50.0. The van der Waals surface area contributed by atoms with Crippen LogP contribution in [0, 0.1) is 5.41 Å². The van der Waals surface area contributed by atoms with Crippen molar-refractivity contribution in [3.63, 3.8) is 0 Å². The van der Waals surface area contributed by atoms with Gasteiger partial charge in [0.25, 0.3) is 0 Å². The maximum Gasteiger partial charge on any atom is 0.241 e. The number of ketones is 1. The van der Waals surface area contributed by atoms with E-state index in [0.717, 1.165) is 25.7 Å². The molecule has 0 spiro atoms. The van der Waals surface area contributed by atoms with Crippen molar-refractivity contribution in [2.45, 2.75) is 225 Å². The van der Waals surface area contributed by atoms with Crippen molar-refractivity contribution >= 4 is 17.6 Å². The summed E-state index contributed by atoms with van der Waals surface area (Å²) in [6, 6.07) is -2.60. The van der Waals surface area contributed by atoms with Gasteiger partial charge in [-0.25, -0.2) is 0 Å². The molecule has 9 heteroatoms. The average molecular weight is 734 g/mol. The maximum absolute atomic E-state index is 13.6. The van der Waals surface area contributed by atoms with Crippen molar-refractivity contribution in [3.05, 3.63) is 12.2 Å². The lowest BCUT2D eigenvalue weighted by molar-refractivity contribution is -0.135. The van der Waals surface area contributed by atoms with E-state index >= 15 is 0 Å². The number of hydrogen-bond acceptors (Lipinski definition) is 6. The summed E-state index contributed by atoms with van der Waals surface area (Å²) in [5, 5.41) is 9.95. The predicted molar refractivity (Wildman–Crippen MR) is 224 cm³/mol. The van der Waals surface area contributed by atoms with Crippen molar-refractivity contribution in [2.24, 2.45) is 22.9 Å². The largest absolute Gasteiger partial charge is 0.370 e. The zero-order valence-corrected chi connectivity index (χ0v) is 34.3. The predicted octanol–water partition coefficient (Wildman–Crippen LogP) is 9.15. The summed E-state index contributed by atoms with van der Waals surface area (Å²) in [6.45, 7) is 6.25. The minimum absolute atomic E-state index is 0.0373. The molecule has 2 unspecified atom stereocenters. The van der Waals surface area contributed by atoms with E-state index in [1.54, 1.807) is 0 Å². The fourth-order valence-corrected chi connectivity index (χ4v) is 6.83. The van der Waals surface area contributed by atoms with E-state index in [-0.39, 0.29) is 24.1 Å². The molecule has 0 saturated carbocycles. The van der Waals surface area contributed by atoms with E-state index in [0.29, 0.717) is 26.1 Å². The number of nitrogens with one attached hydrogen (secondary N) is 2. The first-order valence-corrected chi connectivity index (χ1v) is 22.1. The highest BCUT2D eigenvalue weighted by molar-refractivity contribution is 5.93. The number of carbonyl (C=O) groups is 2. The van der Waals surface area contributed by atoms with Crippen LogP contribution in [0.15, 0.2) is 12.2 Å². The van der Waals surface area contributed by atoms with Crippen molar-refractivity contribution in [1.82, 2.24) is 10.2 Å². The van der Waals surface area contributed by atoms with Crippen LogP contribution in [0.25, 0.3) is 0 Å². The van der Waals surface area contributed by atoms with Crippen LogP contribution in [0.3, 0.4) is 0 Å². The first-order chi connectivity index (χ1) is 25.2. The summed E-state index contributed by atoms with van der Waals surface area (Å²) < 4.78 is 0. The highest BCUT2D eigenvalue weighted by atomic mass is 16.2. The molecule has 0 aromatic rings. The van der Waals surface area contributed by atoms with Gasteiger partial charge in [-0.05, 0) is 44.9 Å². The van der Waals surface area contributed by atoms with Gasteiger partial charge in [0.1, 0.15) is 6.04 Å². The number of amides is 1. The topological polar surface area (TPSA) is 177 Å². The molecule has 306 valence electrons. The fraction of sp³-hybridized carbons (Fsp3) is 0.884. The Hall–Kier alpha value is -1.97. The minimum Gasteiger partial charge on any atom is -0.370 e. The summed E-state index contributed by atoms with van der Waals surface area (Å²) in [4.78, 5) is 28.3. The van der Waals surface area contributed by atoms with Crippen LogP contribution >= 0.6 is 0 Å². The van der Waals surface area contributed by atoms with Crippen LogP contribution in [-0.2, 0) is 9.59 Å². The second kappa shape index (κ2) is 37.3. The van der Waals surface area contributed by atoms with Gasteiger partial charge in [0.15, 0.2) is 11.7 Å². The lowest BCUT2D eigenvalue weighted by Gasteiger charge is -2.28. The second-order valence-corrected chi connectivity index (χ2v) is 15.5. The summed E-state index contributed by atoms with van der Waals surface area (Å²) in [7, 11) is 0. The van der Waals surface area contributed by atoms with Crippen molar-refractivity contribution in [3.8, 4) is 0 Å². The van der Waals surface area contributed by atoms with E-state index in [2.05, 4.69) is 31.3 Å². The van der Waals surface area contributed by atoms with Crippen LogP contribution in [0.1, 0.15) is 206 Å². The van der Waals surface area contributed by atoms with Crippen LogP contribution in [0.4, 0.5) is 0 Å². The Balaban J connectivity index is 4.55. The molecule has 0 heterocycles. The molecule has 0 bridgehead atoms. The number of Topliss-reactive ketones (excluding diaryl/α,β-unsaturated/α-hetero) is 1. The molecule has 0 rings (SSSR count). The number of carbonyl (C=O) groups excluding carboxylic acids is 2. The first-order valence-electron chi connectivity index (χ1n) is 22.1. The Labute approximate surface area is 321 Å². The molecule has 0 radical (unpaired) electrons. The van der Waals surface area contributed by atoms with E-state index < -0.39 is 18.1 Å². The Kier molecular flexibility index (Phi) is 35.9. The molecule has 9 nitrogen and oxygen atoms in total. The summed E-state index contributed by atoms with van der Waals surface area (Å²) in [6.07, 6.45) is 40.7. The molecule has 0 fully saturated rings. The highest BCUT2D eigenvalue weighted by Gasteiger charge is 2.31. The maximum atomic E-state index is 13.6. The van der Waals surface area contributed by atoms with E-state index in [4.69, 9.17) is 28.3 Å². The molecule has 0 saturated heterocycles. The van der Waals surface area contributed by atoms with Gasteiger partial charge in [-0.15, -0.1) is 0 Å². The summed E-state index contributed by atoms with van der Waals surface area (Å²) in [5.74, 6) is -0.663. The van der Waals surface area contributed by atoms with Gasteiger partial charge in [0.05, 0.1) is 6.04 Å². The standard InChI is InChI=1S/C43H87N7O2/c1-3-5-7-9-11-13-15-17-19-20-22-24-26-28-30-32-36-50(35-31-29-27-25-23-21-18-16-14-12-10-8-6-4-2)42(52)41(46)40(45)39(51)37-38(44)33-34-49-43(47)48/h17,19,38,40-41H,3-16,18,20-37,44-46H2,1-2H3,(H4,47,48,49)/b19-17-/t38-,40?,41?/m1/s1. The Morgan fingerprint density at radius 3 is 1.33 bits per heavy atom. The lowest BCUT2D eigenvalue weighted by Crippen LogP contribution is -2.57. The number of allylic oxidation sites excluding steroid dienone is 2. The summed E-state index contributed by atoms with van der Waals surface area (Å²) >= 11 is 0. The van der Waals surface area contributed by atoms with E-state index in [9.17, 15) is 9.59 Å². The molecule has 1 amide bonds. The normalized spacial score (nSPS) is 13.3. The Bertz CT molecular complexity index is 868. The van der Waals surface area contributed by atoms with Gasteiger partial charge in [-0.1, -0.05) is 167 Å². The van der Waals surface area contributed by atoms with Crippen LogP contribution in [-0.4, -0.2) is 60.3 Å². The smallest absolute Gasteiger partial charge is 0.241 e. The van der Waals surface area contributed by atoms with Crippen molar-refractivity contribution in [2.75, 3.05) is 19.6 Å². The van der Waals surface area contributed by atoms with Gasteiger partial charge in [0, 0.05) is 32.1 Å². The van der Waals surface area contributed by atoms with E-state index in [1.165, 1.54) is 154 Å². The van der Waals surface area contributed by atoms with Gasteiger partial charge in [-0.3, -0.25) is 15.0 Å². The third-order valence-corrected chi connectivity index (χ3v) is 10.4. The molecular formula is C43H87N7O2. The number of rotatable bonds is 39. The highest BCUT2D eigenvalue weighted by Crippen LogP contribution is 2.15. The third-order valence-electron chi connectivity index (χ3n) is 10.4. The van der Waals surface area contributed by atoms with Crippen LogP contribution in [0.5, 0.6) is 0 Å². The second-order valence-electron chi connectivity index (χ2n) is 15.5. The monoisotopic (exact) mass is 734 g/mol. The lowest BCUT2D eigenvalue weighted by atomic mass is 9.97.